The summed E-state index contributed by atoms with van der Waals surface area (Å²) in [4.78, 5) is 0. The van der Waals surface area contributed by atoms with E-state index >= 15 is 0 Å². The van der Waals surface area contributed by atoms with Crippen LogP contribution in [-0.4, -0.2) is 5.11 Å². The molecule has 0 spiro atoms. The van der Waals surface area contributed by atoms with Gasteiger partial charge in [0, 0.05) is 5.56 Å². The van der Waals surface area contributed by atoms with Crippen LogP contribution < -0.4 is 0 Å². The lowest BCUT2D eigenvalue weighted by molar-refractivity contribution is 0.434. The number of benzene rings is 2. The Labute approximate surface area is 135 Å². The van der Waals surface area contributed by atoms with Crippen molar-refractivity contribution < 1.29 is 5.11 Å². The van der Waals surface area contributed by atoms with Crippen LogP contribution in [0.3, 0.4) is 0 Å². The van der Waals surface area contributed by atoms with Gasteiger partial charge in [-0.2, -0.15) is 0 Å². The van der Waals surface area contributed by atoms with E-state index in [9.17, 15) is 5.11 Å². The second kappa shape index (κ2) is 5.79. The van der Waals surface area contributed by atoms with Crippen LogP contribution in [0.25, 0.3) is 0 Å². The Morgan fingerprint density at radius 2 is 1.27 bits per heavy atom. The maximum Gasteiger partial charge on any atom is 0.119 e. The van der Waals surface area contributed by atoms with Crippen LogP contribution in [0.5, 0.6) is 5.75 Å². The fraction of sp³-hybridized carbons (Fsp3) is 0.429. The molecule has 118 valence electrons. The molecule has 0 aliphatic heterocycles. The number of hydrogen-bond acceptors (Lipinski definition) is 1. The van der Waals surface area contributed by atoms with E-state index < -0.39 is 0 Å². The third-order valence-corrected chi connectivity index (χ3v) is 4.01. The fourth-order valence-electron chi connectivity index (χ4n) is 3.21. The summed E-state index contributed by atoms with van der Waals surface area (Å²) in [7, 11) is 0. The zero-order valence-corrected chi connectivity index (χ0v) is 14.7. The molecule has 0 heterocycles. The van der Waals surface area contributed by atoms with Crippen molar-refractivity contribution in [2.75, 3.05) is 0 Å². The number of aromatic hydroxyl groups is 1. The van der Waals surface area contributed by atoms with E-state index in [-0.39, 0.29) is 10.8 Å². The summed E-state index contributed by atoms with van der Waals surface area (Å²) in [6.07, 6.45) is 0.900. The van der Waals surface area contributed by atoms with Crippen molar-refractivity contribution in [2.45, 2.75) is 58.8 Å². The van der Waals surface area contributed by atoms with Crippen molar-refractivity contribution in [1.82, 2.24) is 0 Å². The fourth-order valence-corrected chi connectivity index (χ4v) is 3.21. The van der Waals surface area contributed by atoms with Gasteiger partial charge in [0.1, 0.15) is 5.75 Å². The first kappa shape index (κ1) is 16.6. The highest BCUT2D eigenvalue weighted by atomic mass is 16.3. The predicted molar refractivity (Wildman–Crippen MR) is 94.8 cm³/mol. The Morgan fingerprint density at radius 3 is 1.77 bits per heavy atom. The van der Waals surface area contributed by atoms with Gasteiger partial charge in [-0.3, -0.25) is 0 Å². The molecule has 22 heavy (non-hydrogen) atoms. The number of phenols is 1. The third kappa shape index (κ3) is 3.52. The Kier molecular flexibility index (Phi) is 4.37. The Hall–Kier alpha value is -1.76. The standard InChI is InChI=1S/C21H28O/c1-20(2,3)18-16(14-15-10-8-7-9-11-15)12-13-17(22)19(18)21(4,5)6/h7-13,22H,14H2,1-6H3. The molecule has 1 heteroatoms. The van der Waals surface area contributed by atoms with Gasteiger partial charge < -0.3 is 5.11 Å². The molecule has 0 radical (unpaired) electrons. The Bertz CT molecular complexity index is 640. The first-order chi connectivity index (χ1) is 10.1. The van der Waals surface area contributed by atoms with Crippen LogP contribution in [0, 0.1) is 0 Å². The highest BCUT2D eigenvalue weighted by Gasteiger charge is 2.30. The normalized spacial score (nSPS) is 12.5. The van der Waals surface area contributed by atoms with Crippen molar-refractivity contribution in [1.29, 1.82) is 0 Å². The second-order valence-corrected chi connectivity index (χ2v) is 8.16. The molecule has 1 N–H and O–H groups in total. The summed E-state index contributed by atoms with van der Waals surface area (Å²) >= 11 is 0. The van der Waals surface area contributed by atoms with E-state index in [1.54, 1.807) is 0 Å². The molecule has 0 saturated heterocycles. The Balaban J connectivity index is 2.65. The average Bonchev–Trinajstić information content (AvgIpc) is 2.39. The molecule has 0 saturated carbocycles. The molecule has 0 aromatic heterocycles. The van der Waals surface area contributed by atoms with Crippen LogP contribution in [0.4, 0.5) is 0 Å². The summed E-state index contributed by atoms with van der Waals surface area (Å²) < 4.78 is 0. The predicted octanol–water partition coefficient (Wildman–Crippen LogP) is 5.58. The molecule has 1 nitrogen and oxygen atoms in total. The first-order valence-corrected chi connectivity index (χ1v) is 8.00. The molecule has 0 atom stereocenters. The molecule has 2 rings (SSSR count). The lowest BCUT2D eigenvalue weighted by Gasteiger charge is -2.33. The van der Waals surface area contributed by atoms with E-state index in [2.05, 4.69) is 71.9 Å². The van der Waals surface area contributed by atoms with Crippen LogP contribution in [0.1, 0.15) is 63.8 Å². The highest BCUT2D eigenvalue weighted by Crippen LogP contribution is 2.41. The summed E-state index contributed by atoms with van der Waals surface area (Å²) in [6, 6.07) is 14.5. The van der Waals surface area contributed by atoms with E-state index in [0.717, 1.165) is 12.0 Å². The molecule has 0 unspecified atom stereocenters. The third-order valence-electron chi connectivity index (χ3n) is 4.01. The van der Waals surface area contributed by atoms with Gasteiger partial charge in [-0.15, -0.1) is 0 Å². The van der Waals surface area contributed by atoms with E-state index in [4.69, 9.17) is 0 Å². The minimum atomic E-state index is -0.0839. The summed E-state index contributed by atoms with van der Waals surface area (Å²) in [6.45, 7) is 13.2. The van der Waals surface area contributed by atoms with E-state index in [1.165, 1.54) is 16.7 Å². The minimum Gasteiger partial charge on any atom is -0.508 e. The SMILES string of the molecule is CC(C)(C)c1c(O)ccc(Cc2ccccc2)c1C(C)(C)C. The van der Waals surface area contributed by atoms with Gasteiger partial charge in [-0.05, 0) is 40.0 Å². The van der Waals surface area contributed by atoms with Gasteiger partial charge in [0.25, 0.3) is 0 Å². The first-order valence-electron chi connectivity index (χ1n) is 8.00. The lowest BCUT2D eigenvalue weighted by Crippen LogP contribution is -2.24. The minimum absolute atomic E-state index is 0.00847. The Morgan fingerprint density at radius 1 is 0.727 bits per heavy atom. The maximum absolute atomic E-state index is 10.5. The zero-order chi connectivity index (χ0) is 16.5. The van der Waals surface area contributed by atoms with Crippen molar-refractivity contribution in [3.05, 3.63) is 64.7 Å². The van der Waals surface area contributed by atoms with Gasteiger partial charge in [-0.1, -0.05) is 77.9 Å². The lowest BCUT2D eigenvalue weighted by atomic mass is 9.72. The number of phenolic OH excluding ortho intramolecular Hbond substituents is 1. The monoisotopic (exact) mass is 296 g/mol. The molecule has 0 bridgehead atoms. The van der Waals surface area contributed by atoms with Crippen molar-refractivity contribution >= 4 is 0 Å². The summed E-state index contributed by atoms with van der Waals surface area (Å²) in [5.41, 5.74) is 4.88. The van der Waals surface area contributed by atoms with Crippen molar-refractivity contribution in [2.24, 2.45) is 0 Å². The van der Waals surface area contributed by atoms with Crippen molar-refractivity contribution in [3.63, 3.8) is 0 Å². The van der Waals surface area contributed by atoms with E-state index in [1.807, 2.05) is 12.1 Å². The van der Waals surface area contributed by atoms with Gasteiger partial charge in [0.2, 0.25) is 0 Å². The highest BCUT2D eigenvalue weighted by molar-refractivity contribution is 5.52. The maximum atomic E-state index is 10.5. The quantitative estimate of drug-likeness (QED) is 0.767. The molecule has 0 aliphatic rings. The molecule has 0 fully saturated rings. The number of rotatable bonds is 2. The largest absolute Gasteiger partial charge is 0.508 e. The smallest absolute Gasteiger partial charge is 0.119 e. The van der Waals surface area contributed by atoms with Crippen LogP contribution in [0.2, 0.25) is 0 Å². The molecule has 2 aromatic carbocycles. The molecular formula is C21H28O. The van der Waals surface area contributed by atoms with Crippen LogP contribution >= 0.6 is 0 Å². The van der Waals surface area contributed by atoms with E-state index in [0.29, 0.717) is 5.75 Å². The summed E-state index contributed by atoms with van der Waals surface area (Å²) in [5.74, 6) is 0.411. The second-order valence-electron chi connectivity index (χ2n) is 8.16. The molecule has 0 amide bonds. The van der Waals surface area contributed by atoms with Crippen molar-refractivity contribution in [3.8, 4) is 5.75 Å². The number of hydrogen-bond donors (Lipinski definition) is 1. The van der Waals surface area contributed by atoms with Crippen LogP contribution in [-0.2, 0) is 17.3 Å². The molecule has 2 aromatic rings. The molecular weight excluding hydrogens is 268 g/mol. The summed E-state index contributed by atoms with van der Waals surface area (Å²) in [5, 5.41) is 10.5. The van der Waals surface area contributed by atoms with Crippen LogP contribution in [0.15, 0.2) is 42.5 Å². The zero-order valence-electron chi connectivity index (χ0n) is 14.7. The van der Waals surface area contributed by atoms with Gasteiger partial charge >= 0.3 is 0 Å². The van der Waals surface area contributed by atoms with Gasteiger partial charge in [-0.25, -0.2) is 0 Å². The molecule has 0 aliphatic carbocycles. The van der Waals surface area contributed by atoms with Gasteiger partial charge in [0.15, 0.2) is 0 Å². The average molecular weight is 296 g/mol. The topological polar surface area (TPSA) is 20.2 Å². The van der Waals surface area contributed by atoms with Gasteiger partial charge in [0.05, 0.1) is 0 Å².